The zero-order valence-corrected chi connectivity index (χ0v) is 22.8. The van der Waals surface area contributed by atoms with Crippen molar-refractivity contribution in [3.8, 4) is 0 Å². The third-order valence-corrected chi connectivity index (χ3v) is 8.52. The molecule has 12 nitrogen and oxygen atoms in total. The summed E-state index contributed by atoms with van der Waals surface area (Å²) in [5.74, 6) is -3.09. The number of rotatable bonds is 8. The van der Waals surface area contributed by atoms with Crippen LogP contribution in [0.3, 0.4) is 0 Å². The zero-order valence-electron chi connectivity index (χ0n) is 22.8. The summed E-state index contributed by atoms with van der Waals surface area (Å²) in [6, 6.07) is 0. The van der Waals surface area contributed by atoms with Gasteiger partial charge in [0.25, 0.3) is 0 Å². The molecule has 1 saturated heterocycles. The Morgan fingerprint density at radius 1 is 1.13 bits per heavy atom. The number of methoxy groups -OCH3 is 1. The van der Waals surface area contributed by atoms with Crippen LogP contribution in [0.4, 0.5) is 0 Å². The van der Waals surface area contributed by atoms with E-state index in [0.717, 1.165) is 0 Å². The van der Waals surface area contributed by atoms with Gasteiger partial charge in [0.15, 0.2) is 6.10 Å². The van der Waals surface area contributed by atoms with Crippen molar-refractivity contribution in [3.05, 3.63) is 24.0 Å². The maximum Gasteiger partial charge on any atom is 0.335 e. The summed E-state index contributed by atoms with van der Waals surface area (Å²) < 4.78 is 21.7. The number of carbonyl (C=O) groups excluding carboxylic acids is 2. The predicted octanol–water partition coefficient (Wildman–Crippen LogP) is -0.468. The van der Waals surface area contributed by atoms with E-state index in [0.29, 0.717) is 31.3 Å². The van der Waals surface area contributed by atoms with Crippen LogP contribution in [-0.4, -0.2) is 105 Å². The molecule has 0 aromatic heterocycles. The van der Waals surface area contributed by atoms with Gasteiger partial charge in [0.1, 0.15) is 30.5 Å². The van der Waals surface area contributed by atoms with Crippen molar-refractivity contribution in [1.29, 1.82) is 0 Å². The average Bonchev–Trinajstić information content (AvgIpc) is 2.91. The fourth-order valence-electron chi connectivity index (χ4n) is 6.01. The molecule has 39 heavy (non-hydrogen) atoms. The molecule has 2 saturated carbocycles. The highest BCUT2D eigenvalue weighted by atomic mass is 16.7. The third-order valence-electron chi connectivity index (χ3n) is 8.52. The van der Waals surface area contributed by atoms with Crippen LogP contribution in [0.25, 0.3) is 0 Å². The van der Waals surface area contributed by atoms with E-state index in [-0.39, 0.29) is 11.5 Å². The number of carbonyl (C=O) groups is 2. The Balaban J connectivity index is 1.92. The summed E-state index contributed by atoms with van der Waals surface area (Å²) in [6.07, 6.45) is -7.73. The fourth-order valence-corrected chi connectivity index (χ4v) is 6.01. The summed E-state index contributed by atoms with van der Waals surface area (Å²) in [5.41, 5.74) is -0.127. The highest BCUT2D eigenvalue weighted by Gasteiger charge is 2.56. The Bertz CT molecular complexity index is 932. The quantitative estimate of drug-likeness (QED) is 0.128. The molecule has 0 aromatic rings. The zero-order chi connectivity index (χ0) is 29.2. The Hall–Kier alpha value is -2.06. The van der Waals surface area contributed by atoms with Gasteiger partial charge in [0.2, 0.25) is 6.29 Å². The second-order valence-electron chi connectivity index (χ2n) is 11.3. The molecule has 3 rings (SSSR count). The van der Waals surface area contributed by atoms with Crippen molar-refractivity contribution < 1.29 is 59.2 Å². The second-order valence-corrected chi connectivity index (χ2v) is 11.3. The molecule has 0 spiro atoms. The van der Waals surface area contributed by atoms with Crippen LogP contribution < -0.4 is 0 Å². The molecular formula is C27H42O12. The van der Waals surface area contributed by atoms with Gasteiger partial charge in [-0.3, -0.25) is 0 Å². The van der Waals surface area contributed by atoms with Gasteiger partial charge in [-0.05, 0) is 37.2 Å². The maximum atomic E-state index is 12.7. The minimum absolute atomic E-state index is 0.107. The topological polar surface area (TPSA) is 192 Å². The minimum Gasteiger partial charge on any atom is -0.470 e. The summed E-state index contributed by atoms with van der Waals surface area (Å²) in [6.45, 7) is 8.46. The van der Waals surface area contributed by atoms with Gasteiger partial charge >= 0.3 is 11.9 Å². The van der Waals surface area contributed by atoms with E-state index >= 15 is 0 Å². The lowest BCUT2D eigenvalue weighted by molar-refractivity contribution is -0.288. The van der Waals surface area contributed by atoms with Crippen molar-refractivity contribution in [1.82, 2.24) is 0 Å². The summed E-state index contributed by atoms with van der Waals surface area (Å²) >= 11 is 0. The van der Waals surface area contributed by atoms with Crippen molar-refractivity contribution in [2.24, 2.45) is 23.2 Å². The molecule has 3 aliphatic rings. The lowest BCUT2D eigenvalue weighted by Crippen LogP contribution is -2.59. The molecule has 1 heterocycles. The summed E-state index contributed by atoms with van der Waals surface area (Å²) in [4.78, 5) is 24.9. The standard InChI is InChI=1S/C27H42O12/c1-12(2)19(29)25(35)39-17-7-6-14(11-37-26-23(33)22(32)21(31)16(10-28)38-26)18-20(30)15(8-9-27(17,18)4)13(3)24(34)36-5/h11-12,15-23,26,28-33H,3,6-10H2,1-2,4-5H3. The number of esters is 2. The first-order valence-electron chi connectivity index (χ1n) is 13.3. The Labute approximate surface area is 227 Å². The van der Waals surface area contributed by atoms with Gasteiger partial charge in [-0.2, -0.15) is 0 Å². The van der Waals surface area contributed by atoms with Crippen LogP contribution in [0.1, 0.15) is 46.5 Å². The largest absolute Gasteiger partial charge is 0.470 e. The molecule has 0 radical (unpaired) electrons. The number of hydrogen-bond donors (Lipinski definition) is 6. The van der Waals surface area contributed by atoms with Gasteiger partial charge in [0, 0.05) is 22.8 Å². The Kier molecular flexibility index (Phi) is 10.2. The molecule has 222 valence electrons. The smallest absolute Gasteiger partial charge is 0.335 e. The first kappa shape index (κ1) is 31.5. The van der Waals surface area contributed by atoms with E-state index in [1.54, 1.807) is 13.8 Å². The molecule has 0 amide bonds. The van der Waals surface area contributed by atoms with Gasteiger partial charge in [-0.1, -0.05) is 27.4 Å². The SMILES string of the molecule is C=C(C(=O)OC)C1CCC2(C)C(OC(=O)C(O)C(C)C)CCC(=COC3OC(CO)C(O)C(O)C3O)C2C1O. The van der Waals surface area contributed by atoms with Crippen molar-refractivity contribution in [3.63, 3.8) is 0 Å². The maximum absolute atomic E-state index is 12.7. The number of fused-ring (bicyclic) bond motifs is 1. The highest BCUT2D eigenvalue weighted by molar-refractivity contribution is 5.88. The lowest BCUT2D eigenvalue weighted by atomic mass is 9.53. The van der Waals surface area contributed by atoms with Gasteiger partial charge in [0.05, 0.1) is 26.1 Å². The van der Waals surface area contributed by atoms with E-state index in [1.807, 2.05) is 6.92 Å². The van der Waals surface area contributed by atoms with Crippen molar-refractivity contribution in [2.75, 3.05) is 13.7 Å². The Morgan fingerprint density at radius 3 is 2.38 bits per heavy atom. The number of aliphatic hydroxyl groups is 6. The molecule has 2 aliphatic carbocycles. The third kappa shape index (κ3) is 6.17. The second kappa shape index (κ2) is 12.6. The lowest BCUT2D eigenvalue weighted by Gasteiger charge is -2.54. The van der Waals surface area contributed by atoms with Crippen LogP contribution in [0.2, 0.25) is 0 Å². The van der Waals surface area contributed by atoms with E-state index in [9.17, 15) is 40.2 Å². The predicted molar refractivity (Wildman–Crippen MR) is 134 cm³/mol. The van der Waals surface area contributed by atoms with E-state index in [4.69, 9.17) is 18.9 Å². The van der Waals surface area contributed by atoms with Crippen LogP contribution in [0, 0.1) is 23.2 Å². The van der Waals surface area contributed by atoms with E-state index in [1.165, 1.54) is 13.4 Å². The van der Waals surface area contributed by atoms with Crippen molar-refractivity contribution in [2.45, 2.75) is 95.5 Å². The van der Waals surface area contributed by atoms with Gasteiger partial charge in [-0.25, -0.2) is 9.59 Å². The molecule has 1 aliphatic heterocycles. The molecule has 0 aromatic carbocycles. The molecule has 6 N–H and O–H groups in total. The molecule has 0 bridgehead atoms. The van der Waals surface area contributed by atoms with Gasteiger partial charge in [-0.15, -0.1) is 0 Å². The Morgan fingerprint density at radius 2 is 1.79 bits per heavy atom. The van der Waals surface area contributed by atoms with Crippen LogP contribution in [0.5, 0.6) is 0 Å². The molecule has 3 fully saturated rings. The first-order chi connectivity index (χ1) is 18.3. The summed E-state index contributed by atoms with van der Waals surface area (Å²) in [5, 5.41) is 61.7. The van der Waals surface area contributed by atoms with E-state index in [2.05, 4.69) is 6.58 Å². The monoisotopic (exact) mass is 558 g/mol. The molecule has 11 atom stereocenters. The van der Waals surface area contributed by atoms with Crippen LogP contribution in [-0.2, 0) is 28.5 Å². The van der Waals surface area contributed by atoms with Crippen LogP contribution in [0.15, 0.2) is 24.0 Å². The van der Waals surface area contributed by atoms with Crippen LogP contribution >= 0.6 is 0 Å². The fraction of sp³-hybridized carbons (Fsp3) is 0.778. The highest BCUT2D eigenvalue weighted by Crippen LogP contribution is 2.56. The number of ether oxygens (including phenoxy) is 4. The minimum atomic E-state index is -1.62. The number of aliphatic hydroxyl groups excluding tert-OH is 6. The molecule has 11 unspecified atom stereocenters. The van der Waals surface area contributed by atoms with E-state index < -0.39 is 84.8 Å². The number of hydrogen-bond acceptors (Lipinski definition) is 12. The van der Waals surface area contributed by atoms with Gasteiger partial charge < -0.3 is 49.6 Å². The summed E-state index contributed by atoms with van der Waals surface area (Å²) in [7, 11) is 1.22. The average molecular weight is 559 g/mol. The first-order valence-corrected chi connectivity index (χ1v) is 13.3. The normalized spacial score (nSPS) is 40.5. The van der Waals surface area contributed by atoms with Crippen molar-refractivity contribution >= 4 is 11.9 Å². The molecular weight excluding hydrogens is 516 g/mol. The molecule has 12 heteroatoms.